The van der Waals surface area contributed by atoms with Gasteiger partial charge in [0.15, 0.2) is 5.69 Å². The molecule has 0 saturated carbocycles. The van der Waals surface area contributed by atoms with Crippen LogP contribution < -0.4 is 10.6 Å². The number of anilines is 1. The van der Waals surface area contributed by atoms with Crippen molar-refractivity contribution in [1.82, 2.24) is 20.1 Å². The first-order chi connectivity index (χ1) is 13.5. The summed E-state index contributed by atoms with van der Waals surface area (Å²) in [5.41, 5.74) is 2.87. The van der Waals surface area contributed by atoms with E-state index in [2.05, 4.69) is 20.7 Å². The molecule has 148 valence electrons. The van der Waals surface area contributed by atoms with Crippen molar-refractivity contribution in [2.75, 3.05) is 11.9 Å². The Kier molecular flexibility index (Phi) is 6.13. The van der Waals surface area contributed by atoms with Crippen LogP contribution in [0.5, 0.6) is 0 Å². The Morgan fingerprint density at radius 2 is 2.04 bits per heavy atom. The van der Waals surface area contributed by atoms with Gasteiger partial charge < -0.3 is 15.6 Å². The Morgan fingerprint density at radius 3 is 2.79 bits per heavy atom. The molecule has 2 heterocycles. The SMILES string of the molecule is CCn1cc(NC(=O)CCc2c[nH]c3ccccc23)c(C(=O)NCC(C)C)n1. The third kappa shape index (κ3) is 4.60. The van der Waals surface area contributed by atoms with Gasteiger partial charge in [-0.3, -0.25) is 14.3 Å². The molecule has 0 fully saturated rings. The van der Waals surface area contributed by atoms with Crippen LogP contribution in [-0.4, -0.2) is 33.1 Å². The Balaban J connectivity index is 1.66. The lowest BCUT2D eigenvalue weighted by Crippen LogP contribution is -2.28. The van der Waals surface area contributed by atoms with Crippen LogP contribution in [0.3, 0.4) is 0 Å². The Morgan fingerprint density at radius 1 is 1.25 bits per heavy atom. The average Bonchev–Trinajstić information content (AvgIpc) is 3.28. The first kappa shape index (κ1) is 19.7. The van der Waals surface area contributed by atoms with E-state index in [-0.39, 0.29) is 17.5 Å². The minimum atomic E-state index is -0.271. The monoisotopic (exact) mass is 381 g/mol. The van der Waals surface area contributed by atoms with Gasteiger partial charge in [-0.25, -0.2) is 0 Å². The predicted octanol–water partition coefficient (Wildman–Crippen LogP) is 3.34. The number of aryl methyl sites for hydroxylation is 2. The second kappa shape index (κ2) is 8.73. The number of nitrogens with zero attached hydrogens (tertiary/aromatic N) is 2. The maximum Gasteiger partial charge on any atom is 0.273 e. The molecule has 0 aliphatic rings. The zero-order valence-corrected chi connectivity index (χ0v) is 16.6. The fraction of sp³-hybridized carbons (Fsp3) is 0.381. The highest BCUT2D eigenvalue weighted by Crippen LogP contribution is 2.20. The van der Waals surface area contributed by atoms with E-state index in [4.69, 9.17) is 0 Å². The van der Waals surface area contributed by atoms with Crippen LogP contribution in [0.1, 0.15) is 43.2 Å². The van der Waals surface area contributed by atoms with E-state index < -0.39 is 0 Å². The van der Waals surface area contributed by atoms with Crippen molar-refractivity contribution < 1.29 is 9.59 Å². The zero-order chi connectivity index (χ0) is 20.1. The largest absolute Gasteiger partial charge is 0.361 e. The third-order valence-electron chi connectivity index (χ3n) is 4.54. The fourth-order valence-corrected chi connectivity index (χ4v) is 3.02. The average molecular weight is 381 g/mol. The molecular weight excluding hydrogens is 354 g/mol. The quantitative estimate of drug-likeness (QED) is 0.559. The molecule has 2 aromatic heterocycles. The Bertz CT molecular complexity index is 970. The maximum atomic E-state index is 12.5. The third-order valence-corrected chi connectivity index (χ3v) is 4.54. The van der Waals surface area contributed by atoms with Crippen molar-refractivity contribution in [2.45, 2.75) is 40.2 Å². The van der Waals surface area contributed by atoms with E-state index >= 15 is 0 Å². The van der Waals surface area contributed by atoms with Gasteiger partial charge in [0, 0.05) is 42.8 Å². The fourth-order valence-electron chi connectivity index (χ4n) is 3.02. The number of hydrogen-bond donors (Lipinski definition) is 3. The molecule has 0 bridgehead atoms. The molecule has 1 aromatic carbocycles. The van der Waals surface area contributed by atoms with Crippen molar-refractivity contribution in [2.24, 2.45) is 5.92 Å². The van der Waals surface area contributed by atoms with Crippen molar-refractivity contribution in [3.63, 3.8) is 0 Å². The number of fused-ring (bicyclic) bond motifs is 1. The van der Waals surface area contributed by atoms with Crippen molar-refractivity contribution >= 4 is 28.4 Å². The van der Waals surface area contributed by atoms with Crippen molar-refractivity contribution in [3.8, 4) is 0 Å². The Labute approximate surface area is 164 Å². The molecule has 7 nitrogen and oxygen atoms in total. The maximum absolute atomic E-state index is 12.5. The minimum Gasteiger partial charge on any atom is -0.361 e. The summed E-state index contributed by atoms with van der Waals surface area (Å²) in [7, 11) is 0. The second-order valence-corrected chi connectivity index (χ2v) is 7.26. The number of carbonyl (C=O) groups is 2. The molecule has 0 atom stereocenters. The van der Waals surface area contributed by atoms with E-state index in [0.29, 0.717) is 37.5 Å². The van der Waals surface area contributed by atoms with Crippen LogP contribution in [0, 0.1) is 5.92 Å². The molecular formula is C21H27N5O2. The summed E-state index contributed by atoms with van der Waals surface area (Å²) in [5.74, 6) is -0.0712. The highest BCUT2D eigenvalue weighted by atomic mass is 16.2. The Hall–Kier alpha value is -3.09. The minimum absolute atomic E-state index is 0.140. The molecule has 0 unspecified atom stereocenters. The number of amides is 2. The van der Waals surface area contributed by atoms with Gasteiger partial charge in [0.05, 0.1) is 5.69 Å². The summed E-state index contributed by atoms with van der Waals surface area (Å²) in [4.78, 5) is 28.1. The van der Waals surface area contributed by atoms with Gasteiger partial charge in [-0.2, -0.15) is 5.10 Å². The van der Waals surface area contributed by atoms with Gasteiger partial charge in [-0.1, -0.05) is 32.0 Å². The van der Waals surface area contributed by atoms with Crippen LogP contribution >= 0.6 is 0 Å². The molecule has 0 saturated heterocycles. The summed E-state index contributed by atoms with van der Waals surface area (Å²) >= 11 is 0. The van der Waals surface area contributed by atoms with Gasteiger partial charge in [0.2, 0.25) is 5.91 Å². The van der Waals surface area contributed by atoms with Gasteiger partial charge in [0.1, 0.15) is 0 Å². The molecule has 0 aliphatic carbocycles. The van der Waals surface area contributed by atoms with Gasteiger partial charge in [0.25, 0.3) is 5.91 Å². The summed E-state index contributed by atoms with van der Waals surface area (Å²) in [6.45, 7) is 7.17. The van der Waals surface area contributed by atoms with Crippen LogP contribution in [0.2, 0.25) is 0 Å². The highest BCUT2D eigenvalue weighted by molar-refractivity contribution is 6.02. The topological polar surface area (TPSA) is 91.8 Å². The van der Waals surface area contributed by atoms with Crippen molar-refractivity contribution in [1.29, 1.82) is 0 Å². The first-order valence-corrected chi connectivity index (χ1v) is 9.68. The molecule has 7 heteroatoms. The zero-order valence-electron chi connectivity index (χ0n) is 16.6. The number of hydrogen-bond acceptors (Lipinski definition) is 3. The number of benzene rings is 1. The number of nitrogens with one attached hydrogen (secondary N) is 3. The number of aromatic nitrogens is 3. The van der Waals surface area contributed by atoms with E-state index in [0.717, 1.165) is 16.5 Å². The van der Waals surface area contributed by atoms with Crippen molar-refractivity contribution in [3.05, 3.63) is 47.9 Å². The molecule has 2 amide bonds. The predicted molar refractivity (Wildman–Crippen MR) is 110 cm³/mol. The van der Waals surface area contributed by atoms with Crippen LogP contribution in [0.4, 0.5) is 5.69 Å². The lowest BCUT2D eigenvalue weighted by atomic mass is 10.1. The summed E-state index contributed by atoms with van der Waals surface area (Å²) in [5, 5.41) is 11.1. The summed E-state index contributed by atoms with van der Waals surface area (Å²) in [6.07, 6.45) is 4.59. The molecule has 3 aromatic rings. The van der Waals surface area contributed by atoms with Gasteiger partial charge >= 0.3 is 0 Å². The lowest BCUT2D eigenvalue weighted by molar-refractivity contribution is -0.116. The van der Waals surface area contributed by atoms with E-state index in [1.165, 1.54) is 0 Å². The van der Waals surface area contributed by atoms with Crippen LogP contribution in [0.25, 0.3) is 10.9 Å². The molecule has 28 heavy (non-hydrogen) atoms. The standard InChI is InChI=1S/C21H27N5O2/c1-4-26-13-18(20(25-26)21(28)23-11-14(2)3)24-19(27)10-9-15-12-22-17-8-6-5-7-16(15)17/h5-8,12-14,22H,4,9-11H2,1-3H3,(H,23,28)(H,24,27). The number of para-hydroxylation sites is 1. The summed E-state index contributed by atoms with van der Waals surface area (Å²) < 4.78 is 1.65. The summed E-state index contributed by atoms with van der Waals surface area (Å²) in [6, 6.07) is 8.02. The van der Waals surface area contributed by atoms with E-state index in [9.17, 15) is 9.59 Å². The molecule has 0 radical (unpaired) electrons. The number of rotatable bonds is 8. The molecule has 3 N–H and O–H groups in total. The molecule has 0 aliphatic heterocycles. The molecule has 0 spiro atoms. The van der Waals surface area contributed by atoms with Gasteiger partial charge in [-0.15, -0.1) is 0 Å². The van der Waals surface area contributed by atoms with Gasteiger partial charge in [-0.05, 0) is 30.9 Å². The number of H-pyrrole nitrogens is 1. The van der Waals surface area contributed by atoms with E-state index in [1.807, 2.05) is 51.2 Å². The highest BCUT2D eigenvalue weighted by Gasteiger charge is 2.18. The smallest absolute Gasteiger partial charge is 0.273 e. The second-order valence-electron chi connectivity index (χ2n) is 7.26. The lowest BCUT2D eigenvalue weighted by Gasteiger charge is -2.08. The normalized spacial score (nSPS) is 11.1. The van der Waals surface area contributed by atoms with Crippen LogP contribution in [-0.2, 0) is 17.8 Å². The van der Waals surface area contributed by atoms with E-state index in [1.54, 1.807) is 10.9 Å². The molecule has 3 rings (SSSR count). The van der Waals surface area contributed by atoms with Crippen LogP contribution in [0.15, 0.2) is 36.7 Å². The first-order valence-electron chi connectivity index (χ1n) is 9.68. The number of aromatic amines is 1. The number of carbonyl (C=O) groups excluding carboxylic acids is 2.